The third-order valence-corrected chi connectivity index (χ3v) is 7.71. The van der Waals surface area contributed by atoms with Crippen LogP contribution in [0.1, 0.15) is 37.7 Å². The highest BCUT2D eigenvalue weighted by Gasteiger charge is 2.17. The summed E-state index contributed by atoms with van der Waals surface area (Å²) in [7, 11) is 0. The fourth-order valence-electron chi connectivity index (χ4n) is 5.75. The molecule has 2 N–H and O–H groups in total. The summed E-state index contributed by atoms with van der Waals surface area (Å²) in [4.78, 5) is 17.2. The van der Waals surface area contributed by atoms with Crippen molar-refractivity contribution < 1.29 is 4.39 Å². The van der Waals surface area contributed by atoms with Gasteiger partial charge in [-0.05, 0) is 65.4 Å². The molecule has 6 nitrogen and oxygen atoms in total. The average Bonchev–Trinajstić information content (AvgIpc) is 3.58. The molecule has 2 aromatic carbocycles. The minimum Gasteiger partial charge on any atom is -0.335 e. The van der Waals surface area contributed by atoms with Gasteiger partial charge >= 0.3 is 0 Å². The first-order valence-electron chi connectivity index (χ1n) is 13.2. The number of aromatic amines is 2. The van der Waals surface area contributed by atoms with Gasteiger partial charge in [-0.2, -0.15) is 5.10 Å². The van der Waals surface area contributed by atoms with Crippen molar-refractivity contribution in [2.45, 2.75) is 38.5 Å². The molecular formula is C31H27FN6. The SMILES string of the molecule is Fc1ccc(-c2ccnc3nc(-c4n[nH]c5ccc(-c6cncc(CC7CCCCC7)c6)cc45)[nH]c23)cc1. The highest BCUT2D eigenvalue weighted by atomic mass is 19.1. The second kappa shape index (κ2) is 9.49. The van der Waals surface area contributed by atoms with Crippen molar-refractivity contribution in [3.8, 4) is 33.8 Å². The van der Waals surface area contributed by atoms with Crippen molar-refractivity contribution in [2.24, 2.45) is 5.92 Å². The second-order valence-electron chi connectivity index (χ2n) is 10.3. The van der Waals surface area contributed by atoms with Gasteiger partial charge in [0.15, 0.2) is 11.5 Å². The zero-order valence-corrected chi connectivity index (χ0v) is 20.9. The molecule has 188 valence electrons. The van der Waals surface area contributed by atoms with Crippen molar-refractivity contribution in [3.05, 3.63) is 84.6 Å². The first kappa shape index (κ1) is 22.8. The van der Waals surface area contributed by atoms with Gasteiger partial charge in [-0.1, -0.05) is 50.3 Å². The normalized spacial score (nSPS) is 14.4. The number of hydrogen-bond acceptors (Lipinski definition) is 4. The van der Waals surface area contributed by atoms with E-state index in [4.69, 9.17) is 4.98 Å². The third-order valence-electron chi connectivity index (χ3n) is 7.71. The quantitative estimate of drug-likeness (QED) is 0.256. The van der Waals surface area contributed by atoms with Crippen LogP contribution >= 0.6 is 0 Å². The summed E-state index contributed by atoms with van der Waals surface area (Å²) in [5.41, 5.74) is 8.36. The smallest absolute Gasteiger partial charge is 0.178 e. The van der Waals surface area contributed by atoms with Gasteiger partial charge in [0.25, 0.3) is 0 Å². The van der Waals surface area contributed by atoms with Crippen LogP contribution in [0, 0.1) is 11.7 Å². The van der Waals surface area contributed by atoms with Crippen LogP contribution in [0.15, 0.2) is 73.2 Å². The number of nitrogens with one attached hydrogen (secondary N) is 2. The lowest BCUT2D eigenvalue weighted by Gasteiger charge is -2.21. The number of hydrogen-bond donors (Lipinski definition) is 2. The van der Waals surface area contributed by atoms with Crippen molar-refractivity contribution in [1.29, 1.82) is 0 Å². The van der Waals surface area contributed by atoms with E-state index in [1.165, 1.54) is 49.8 Å². The Morgan fingerprint density at radius 1 is 0.868 bits per heavy atom. The number of fused-ring (bicyclic) bond motifs is 2. The van der Waals surface area contributed by atoms with Crippen molar-refractivity contribution in [1.82, 2.24) is 30.1 Å². The number of H-pyrrole nitrogens is 2. The number of benzene rings is 2. The maximum atomic E-state index is 13.5. The van der Waals surface area contributed by atoms with Crippen LogP contribution in [0.3, 0.4) is 0 Å². The van der Waals surface area contributed by atoms with E-state index in [0.717, 1.165) is 56.7 Å². The molecule has 6 aromatic rings. The molecule has 7 heteroatoms. The lowest BCUT2D eigenvalue weighted by Crippen LogP contribution is -2.09. The molecule has 4 aromatic heterocycles. The van der Waals surface area contributed by atoms with E-state index in [1.807, 2.05) is 18.5 Å². The largest absolute Gasteiger partial charge is 0.335 e. The number of pyridine rings is 2. The molecule has 1 aliphatic carbocycles. The molecule has 0 amide bonds. The van der Waals surface area contributed by atoms with Crippen molar-refractivity contribution in [3.63, 3.8) is 0 Å². The molecule has 38 heavy (non-hydrogen) atoms. The Labute approximate surface area is 219 Å². The minimum atomic E-state index is -0.266. The molecule has 0 radical (unpaired) electrons. The zero-order valence-electron chi connectivity index (χ0n) is 20.9. The van der Waals surface area contributed by atoms with E-state index in [2.05, 4.69) is 49.4 Å². The van der Waals surface area contributed by atoms with Gasteiger partial charge in [0.05, 0.1) is 11.0 Å². The van der Waals surface area contributed by atoms with Crippen molar-refractivity contribution in [2.75, 3.05) is 0 Å². The Morgan fingerprint density at radius 2 is 1.71 bits per heavy atom. The predicted molar refractivity (Wildman–Crippen MR) is 148 cm³/mol. The van der Waals surface area contributed by atoms with Gasteiger partial charge in [-0.25, -0.2) is 14.4 Å². The monoisotopic (exact) mass is 502 g/mol. The Kier molecular flexibility index (Phi) is 5.69. The summed E-state index contributed by atoms with van der Waals surface area (Å²) in [5.74, 6) is 1.14. The maximum Gasteiger partial charge on any atom is 0.178 e. The topological polar surface area (TPSA) is 83.1 Å². The molecule has 7 rings (SSSR count). The summed E-state index contributed by atoms with van der Waals surface area (Å²) in [6.45, 7) is 0. The fourth-order valence-corrected chi connectivity index (χ4v) is 5.75. The van der Waals surface area contributed by atoms with E-state index in [-0.39, 0.29) is 5.82 Å². The molecule has 0 saturated heterocycles. The van der Waals surface area contributed by atoms with E-state index < -0.39 is 0 Å². The molecule has 0 spiro atoms. The third kappa shape index (κ3) is 4.24. The summed E-state index contributed by atoms with van der Waals surface area (Å²) in [5, 5.41) is 8.71. The number of aromatic nitrogens is 6. The van der Waals surface area contributed by atoms with Crippen LogP contribution in [0.25, 0.3) is 55.8 Å². The van der Waals surface area contributed by atoms with Gasteiger partial charge in [0, 0.05) is 35.1 Å². The summed E-state index contributed by atoms with van der Waals surface area (Å²) in [6.07, 6.45) is 13.5. The molecule has 0 aliphatic heterocycles. The maximum absolute atomic E-state index is 13.5. The van der Waals surface area contributed by atoms with E-state index in [9.17, 15) is 4.39 Å². The zero-order chi connectivity index (χ0) is 25.5. The van der Waals surface area contributed by atoms with Gasteiger partial charge in [-0.15, -0.1) is 0 Å². The van der Waals surface area contributed by atoms with Gasteiger partial charge < -0.3 is 4.98 Å². The molecule has 0 atom stereocenters. The molecule has 4 heterocycles. The lowest BCUT2D eigenvalue weighted by molar-refractivity contribution is 0.356. The summed E-state index contributed by atoms with van der Waals surface area (Å²) in [6, 6.07) is 16.9. The van der Waals surface area contributed by atoms with Crippen LogP contribution in [0.2, 0.25) is 0 Å². The van der Waals surface area contributed by atoms with Crippen LogP contribution in [-0.2, 0) is 6.42 Å². The Bertz CT molecular complexity index is 1740. The van der Waals surface area contributed by atoms with E-state index >= 15 is 0 Å². The molecule has 1 aliphatic rings. The van der Waals surface area contributed by atoms with Gasteiger partial charge in [0.1, 0.15) is 11.5 Å². The molecule has 0 bridgehead atoms. The molecule has 1 fully saturated rings. The van der Waals surface area contributed by atoms with Crippen molar-refractivity contribution >= 4 is 22.1 Å². The molecule has 0 unspecified atom stereocenters. The number of halogens is 1. The predicted octanol–water partition coefficient (Wildman–Crippen LogP) is 7.49. The molecular weight excluding hydrogens is 475 g/mol. The summed E-state index contributed by atoms with van der Waals surface area (Å²) >= 11 is 0. The van der Waals surface area contributed by atoms with Gasteiger partial charge in [0.2, 0.25) is 0 Å². The van der Waals surface area contributed by atoms with Gasteiger partial charge in [-0.3, -0.25) is 10.1 Å². The summed E-state index contributed by atoms with van der Waals surface area (Å²) < 4.78 is 13.5. The van der Waals surface area contributed by atoms with E-state index in [0.29, 0.717) is 11.5 Å². The Morgan fingerprint density at radius 3 is 2.58 bits per heavy atom. The van der Waals surface area contributed by atoms with Crippen LogP contribution in [0.4, 0.5) is 4.39 Å². The number of nitrogens with zero attached hydrogens (tertiary/aromatic N) is 4. The van der Waals surface area contributed by atoms with Crippen LogP contribution < -0.4 is 0 Å². The standard InChI is InChI=1S/C31H27FN6/c32-24-9-6-21(7-10-24)25-12-13-34-30-28(25)35-31(36-30)29-26-16-22(8-11-27(26)37-38-29)23-15-20(17-33-18-23)14-19-4-2-1-3-5-19/h6-13,15-19H,1-5,14H2,(H,37,38)(H,34,35,36). The number of imidazole rings is 1. The Balaban J connectivity index is 1.25. The van der Waals surface area contributed by atoms with Crippen LogP contribution in [0.5, 0.6) is 0 Å². The lowest BCUT2D eigenvalue weighted by atomic mass is 9.85. The minimum absolute atomic E-state index is 0.266. The Hall–Kier alpha value is -4.39. The number of rotatable bonds is 5. The van der Waals surface area contributed by atoms with Crippen LogP contribution in [-0.4, -0.2) is 30.1 Å². The molecule has 1 saturated carbocycles. The van der Waals surface area contributed by atoms with E-state index in [1.54, 1.807) is 18.3 Å². The first-order valence-corrected chi connectivity index (χ1v) is 13.2. The highest BCUT2D eigenvalue weighted by Crippen LogP contribution is 2.33. The average molecular weight is 503 g/mol. The second-order valence-corrected chi connectivity index (χ2v) is 10.3. The first-order chi connectivity index (χ1) is 18.7. The highest BCUT2D eigenvalue weighted by molar-refractivity contribution is 5.97. The fraction of sp³-hybridized carbons (Fsp3) is 0.226.